The summed E-state index contributed by atoms with van der Waals surface area (Å²) in [7, 11) is 0. The Balaban J connectivity index is 1.40. The topological polar surface area (TPSA) is 30.7 Å². The van der Waals surface area contributed by atoms with E-state index in [9.17, 15) is 0 Å². The molecule has 0 saturated heterocycles. The fourth-order valence-corrected chi connectivity index (χ4v) is 6.15. The fraction of sp³-hybridized carbons (Fsp3) is 0.217. The van der Waals surface area contributed by atoms with Crippen LogP contribution in [-0.4, -0.2) is 14.8 Å². The van der Waals surface area contributed by atoms with E-state index >= 15 is 0 Å². The molecule has 0 aliphatic heterocycles. The average molecular weight is 402 g/mol. The number of thiophene rings is 1. The zero-order valence-corrected chi connectivity index (χ0v) is 16.9. The molecular weight excluding hydrogens is 382 g/mol. The molecule has 0 atom stereocenters. The number of nitrogens with zero attached hydrogens (tertiary/aromatic N) is 3. The van der Waals surface area contributed by atoms with Gasteiger partial charge in [-0.1, -0.05) is 66.4 Å². The molecule has 2 heterocycles. The Morgan fingerprint density at radius 2 is 1.61 bits per heavy atom. The van der Waals surface area contributed by atoms with Gasteiger partial charge in [0.25, 0.3) is 0 Å². The minimum absolute atomic E-state index is 0.281. The molecule has 0 unspecified atom stereocenters. The summed E-state index contributed by atoms with van der Waals surface area (Å²) in [6.45, 7) is 0. The number of rotatable bonds is 5. The fourth-order valence-electron chi connectivity index (χ4n) is 4.12. The first-order valence-corrected chi connectivity index (χ1v) is 11.5. The van der Waals surface area contributed by atoms with Crippen LogP contribution in [0.5, 0.6) is 0 Å². The van der Waals surface area contributed by atoms with E-state index in [-0.39, 0.29) is 5.25 Å². The first-order chi connectivity index (χ1) is 13.9. The van der Waals surface area contributed by atoms with Crippen LogP contribution >= 0.6 is 23.1 Å². The van der Waals surface area contributed by atoms with Crippen molar-refractivity contribution in [2.24, 2.45) is 0 Å². The number of thioether (sulfide) groups is 1. The minimum atomic E-state index is 0.281. The molecule has 2 aliphatic carbocycles. The molecule has 0 amide bonds. The van der Waals surface area contributed by atoms with Gasteiger partial charge in [-0.05, 0) is 46.5 Å². The van der Waals surface area contributed by atoms with E-state index in [1.165, 1.54) is 40.0 Å². The van der Waals surface area contributed by atoms with Gasteiger partial charge in [0, 0.05) is 17.3 Å². The first kappa shape index (κ1) is 16.6. The third kappa shape index (κ3) is 2.73. The van der Waals surface area contributed by atoms with Crippen molar-refractivity contribution in [3.05, 3.63) is 87.9 Å². The summed E-state index contributed by atoms with van der Waals surface area (Å²) in [6, 6.07) is 22.4. The Hall–Kier alpha value is -2.37. The Labute approximate surface area is 172 Å². The van der Waals surface area contributed by atoms with E-state index in [0.717, 1.165) is 17.4 Å². The average Bonchev–Trinajstić information content (AvgIpc) is 3.16. The van der Waals surface area contributed by atoms with Crippen molar-refractivity contribution in [2.45, 2.75) is 35.7 Å². The molecule has 0 radical (unpaired) electrons. The Kier molecular flexibility index (Phi) is 3.91. The summed E-state index contributed by atoms with van der Waals surface area (Å²) in [5.74, 6) is 1.10. The van der Waals surface area contributed by atoms with E-state index in [4.69, 9.17) is 0 Å². The molecule has 28 heavy (non-hydrogen) atoms. The highest BCUT2D eigenvalue weighted by atomic mass is 32.2. The monoisotopic (exact) mass is 401 g/mol. The third-order valence-electron chi connectivity index (χ3n) is 5.56. The second-order valence-electron chi connectivity index (χ2n) is 7.43. The van der Waals surface area contributed by atoms with Gasteiger partial charge in [0.1, 0.15) is 5.82 Å². The number of aromatic nitrogens is 3. The van der Waals surface area contributed by atoms with Crippen molar-refractivity contribution in [3.8, 4) is 11.1 Å². The second kappa shape index (κ2) is 6.61. The maximum atomic E-state index is 4.65. The van der Waals surface area contributed by atoms with Gasteiger partial charge in [-0.3, -0.25) is 0 Å². The highest BCUT2D eigenvalue weighted by Gasteiger charge is 2.34. The number of hydrogen-bond acceptors (Lipinski definition) is 4. The van der Waals surface area contributed by atoms with Crippen LogP contribution in [0.2, 0.25) is 0 Å². The molecule has 0 N–H and O–H groups in total. The molecule has 1 saturated carbocycles. The van der Waals surface area contributed by atoms with Crippen molar-refractivity contribution < 1.29 is 0 Å². The number of fused-ring (bicyclic) bond motifs is 3. The van der Waals surface area contributed by atoms with Crippen LogP contribution in [0.1, 0.15) is 46.0 Å². The normalized spacial score (nSPS) is 15.6. The van der Waals surface area contributed by atoms with Crippen LogP contribution in [0.3, 0.4) is 0 Å². The zero-order chi connectivity index (χ0) is 18.5. The van der Waals surface area contributed by atoms with Crippen molar-refractivity contribution in [3.63, 3.8) is 0 Å². The minimum Gasteiger partial charge on any atom is -0.303 e. The summed E-state index contributed by atoms with van der Waals surface area (Å²) < 4.78 is 2.41. The van der Waals surface area contributed by atoms with Gasteiger partial charge >= 0.3 is 0 Å². The van der Waals surface area contributed by atoms with Gasteiger partial charge in [0.2, 0.25) is 0 Å². The second-order valence-corrected chi connectivity index (χ2v) is 9.53. The maximum Gasteiger partial charge on any atom is 0.192 e. The molecule has 5 heteroatoms. The number of hydrogen-bond donors (Lipinski definition) is 0. The van der Waals surface area contributed by atoms with Crippen LogP contribution in [0, 0.1) is 0 Å². The summed E-state index contributed by atoms with van der Waals surface area (Å²) in [4.78, 5) is 1.35. The first-order valence-electron chi connectivity index (χ1n) is 9.69. The summed E-state index contributed by atoms with van der Waals surface area (Å²) in [5, 5.41) is 12.7. The zero-order valence-electron chi connectivity index (χ0n) is 15.3. The van der Waals surface area contributed by atoms with Crippen LogP contribution in [0.25, 0.3) is 11.1 Å². The lowest BCUT2D eigenvalue weighted by molar-refractivity contribution is 0.634. The molecule has 2 aromatic heterocycles. The predicted octanol–water partition coefficient (Wildman–Crippen LogP) is 6.13. The Bertz CT molecular complexity index is 1100. The number of benzene rings is 2. The highest BCUT2D eigenvalue weighted by Crippen LogP contribution is 2.52. The van der Waals surface area contributed by atoms with Gasteiger partial charge in [0.15, 0.2) is 5.16 Å². The van der Waals surface area contributed by atoms with Crippen molar-refractivity contribution in [1.82, 2.24) is 14.8 Å². The van der Waals surface area contributed by atoms with Crippen LogP contribution < -0.4 is 0 Å². The standard InChI is InChI=1S/C23H19N3S2/c1-3-9-19-17(7-1)18-8-2-4-10-20(18)22(19)28-23-25-24-21(26(23)15-11-12-15)14-16-6-5-13-27-16/h1-10,13,15,22H,11-12,14H2. The van der Waals surface area contributed by atoms with E-state index in [0.29, 0.717) is 6.04 Å². The van der Waals surface area contributed by atoms with Crippen LogP contribution in [0.15, 0.2) is 71.2 Å². The summed E-state index contributed by atoms with van der Waals surface area (Å²) in [6.07, 6.45) is 3.35. The Morgan fingerprint density at radius 1 is 0.893 bits per heavy atom. The van der Waals surface area contributed by atoms with Crippen LogP contribution in [-0.2, 0) is 6.42 Å². The van der Waals surface area contributed by atoms with Crippen molar-refractivity contribution in [2.75, 3.05) is 0 Å². The molecule has 0 spiro atoms. The van der Waals surface area contributed by atoms with Crippen molar-refractivity contribution >= 4 is 23.1 Å². The van der Waals surface area contributed by atoms with Gasteiger partial charge in [-0.15, -0.1) is 21.5 Å². The summed E-state index contributed by atoms with van der Waals surface area (Å²) >= 11 is 3.65. The molecule has 138 valence electrons. The van der Waals surface area contributed by atoms with Crippen molar-refractivity contribution in [1.29, 1.82) is 0 Å². The lowest BCUT2D eigenvalue weighted by Crippen LogP contribution is -2.04. The summed E-state index contributed by atoms with van der Waals surface area (Å²) in [5.41, 5.74) is 5.48. The van der Waals surface area contributed by atoms with Crippen LogP contribution in [0.4, 0.5) is 0 Å². The lowest BCUT2D eigenvalue weighted by atomic mass is 10.1. The molecule has 2 aromatic carbocycles. The van der Waals surface area contributed by atoms with Gasteiger partial charge in [0.05, 0.1) is 5.25 Å². The Morgan fingerprint density at radius 3 is 2.25 bits per heavy atom. The quantitative estimate of drug-likeness (QED) is 0.403. The molecule has 0 bridgehead atoms. The van der Waals surface area contributed by atoms with E-state index in [1.807, 2.05) is 11.8 Å². The third-order valence-corrected chi connectivity index (χ3v) is 7.67. The molecular formula is C23H19N3S2. The largest absolute Gasteiger partial charge is 0.303 e. The van der Waals surface area contributed by atoms with Gasteiger partial charge < -0.3 is 4.57 Å². The molecule has 4 aromatic rings. The van der Waals surface area contributed by atoms with E-state index in [1.54, 1.807) is 11.3 Å². The predicted molar refractivity (Wildman–Crippen MR) is 115 cm³/mol. The molecule has 6 rings (SSSR count). The lowest BCUT2D eigenvalue weighted by Gasteiger charge is -2.14. The van der Waals surface area contributed by atoms with E-state index < -0.39 is 0 Å². The molecule has 3 nitrogen and oxygen atoms in total. The van der Waals surface area contributed by atoms with E-state index in [2.05, 4.69) is 80.8 Å². The van der Waals surface area contributed by atoms with Gasteiger partial charge in [-0.25, -0.2) is 0 Å². The SMILES string of the molecule is c1csc(Cc2nnc(SC3c4ccccc4-c4ccccc43)n2C2CC2)c1. The molecule has 1 fully saturated rings. The maximum absolute atomic E-state index is 4.65. The van der Waals surface area contributed by atoms with Gasteiger partial charge in [-0.2, -0.15) is 0 Å². The molecule has 2 aliphatic rings. The highest BCUT2D eigenvalue weighted by molar-refractivity contribution is 7.99. The smallest absolute Gasteiger partial charge is 0.192 e.